The summed E-state index contributed by atoms with van der Waals surface area (Å²) in [6, 6.07) is 21.0. The third kappa shape index (κ3) is 5.70. The van der Waals surface area contributed by atoms with Crippen LogP contribution in [0, 0.1) is 7.14 Å². The van der Waals surface area contributed by atoms with Crippen molar-refractivity contribution in [3.05, 3.63) is 79.8 Å². The molecule has 0 aliphatic rings. The maximum Gasteiger partial charge on any atom is 0.119 e. The van der Waals surface area contributed by atoms with Crippen LogP contribution < -0.4 is 0 Å². The van der Waals surface area contributed by atoms with Gasteiger partial charge < -0.3 is 4.42 Å². The standard InChI is InChI=1S/C17H13I2NOS2/c18-13-3-7-16(8-4-13)22-20(12-15-2-1-11-21-15)23-17-9-5-14(19)6-10-17/h1-11H,12H2. The minimum absolute atomic E-state index is 0.736. The Bertz CT molecular complexity index is 683. The molecule has 118 valence electrons. The number of hydrogen-bond acceptors (Lipinski definition) is 4. The van der Waals surface area contributed by atoms with Gasteiger partial charge in [-0.3, -0.25) is 0 Å². The van der Waals surface area contributed by atoms with Crippen LogP contribution in [0.3, 0.4) is 0 Å². The fourth-order valence-electron chi connectivity index (χ4n) is 1.84. The van der Waals surface area contributed by atoms with Crippen molar-refractivity contribution in [2.75, 3.05) is 0 Å². The molecule has 1 aromatic heterocycles. The molecule has 0 atom stereocenters. The first kappa shape index (κ1) is 17.7. The average Bonchev–Trinajstić information content (AvgIpc) is 3.05. The number of hydrogen-bond donors (Lipinski definition) is 0. The summed E-state index contributed by atoms with van der Waals surface area (Å²) >= 11 is 8.10. The van der Waals surface area contributed by atoms with Crippen molar-refractivity contribution in [2.24, 2.45) is 0 Å². The molecule has 0 radical (unpaired) electrons. The highest BCUT2D eigenvalue weighted by molar-refractivity contribution is 14.1. The molecule has 3 aromatic rings. The molecular weight excluding hydrogens is 552 g/mol. The lowest BCUT2D eigenvalue weighted by Crippen LogP contribution is -2.05. The van der Waals surface area contributed by atoms with E-state index in [9.17, 15) is 0 Å². The van der Waals surface area contributed by atoms with Crippen LogP contribution >= 0.6 is 69.1 Å². The molecule has 0 aliphatic heterocycles. The fourth-order valence-corrected chi connectivity index (χ4v) is 4.59. The van der Waals surface area contributed by atoms with Gasteiger partial charge in [-0.1, -0.05) is 0 Å². The van der Waals surface area contributed by atoms with Crippen molar-refractivity contribution < 1.29 is 4.42 Å². The fraction of sp³-hybridized carbons (Fsp3) is 0.0588. The smallest absolute Gasteiger partial charge is 0.119 e. The van der Waals surface area contributed by atoms with Gasteiger partial charge >= 0.3 is 0 Å². The number of furan rings is 1. The molecule has 1 heterocycles. The van der Waals surface area contributed by atoms with E-state index in [1.54, 1.807) is 30.2 Å². The molecular formula is C17H13I2NOS2. The van der Waals surface area contributed by atoms with Gasteiger partial charge in [0.05, 0.1) is 12.8 Å². The van der Waals surface area contributed by atoms with Crippen molar-refractivity contribution in [1.29, 1.82) is 0 Å². The zero-order valence-corrected chi connectivity index (χ0v) is 17.9. The number of halogens is 2. The highest BCUT2D eigenvalue weighted by Gasteiger charge is 2.12. The van der Waals surface area contributed by atoms with Gasteiger partial charge in [-0.05, 0) is 130 Å². The number of nitrogens with zero attached hydrogens (tertiary/aromatic N) is 1. The summed E-state index contributed by atoms with van der Waals surface area (Å²) < 4.78 is 10.2. The number of rotatable bonds is 6. The molecule has 6 heteroatoms. The molecule has 0 amide bonds. The van der Waals surface area contributed by atoms with Crippen LogP contribution in [0.4, 0.5) is 0 Å². The Balaban J connectivity index is 1.75. The van der Waals surface area contributed by atoms with Crippen molar-refractivity contribution in [3.63, 3.8) is 0 Å². The Morgan fingerprint density at radius 2 is 1.30 bits per heavy atom. The van der Waals surface area contributed by atoms with Gasteiger partial charge in [0.25, 0.3) is 0 Å². The SMILES string of the molecule is Ic1ccc(SN(Cc2ccco2)Sc2ccc(I)cc2)cc1. The molecule has 3 rings (SSSR count). The molecule has 0 N–H and O–H groups in total. The van der Waals surface area contributed by atoms with E-state index in [-0.39, 0.29) is 0 Å². The normalized spacial score (nSPS) is 11.1. The lowest BCUT2D eigenvalue weighted by molar-refractivity contribution is 0.481. The van der Waals surface area contributed by atoms with E-state index < -0.39 is 0 Å². The molecule has 0 unspecified atom stereocenters. The van der Waals surface area contributed by atoms with Crippen molar-refractivity contribution in [1.82, 2.24) is 3.71 Å². The molecule has 0 aliphatic carbocycles. The molecule has 23 heavy (non-hydrogen) atoms. The van der Waals surface area contributed by atoms with Crippen LogP contribution in [-0.4, -0.2) is 3.71 Å². The Hall–Kier alpha value is -0.160. The van der Waals surface area contributed by atoms with Crippen LogP contribution in [0.5, 0.6) is 0 Å². The predicted octanol–water partition coefficient (Wildman–Crippen LogP) is 6.71. The molecule has 2 nitrogen and oxygen atoms in total. The summed E-state index contributed by atoms with van der Waals surface area (Å²) in [4.78, 5) is 2.44. The van der Waals surface area contributed by atoms with E-state index in [1.807, 2.05) is 12.1 Å². The van der Waals surface area contributed by atoms with E-state index in [2.05, 4.69) is 97.4 Å². The monoisotopic (exact) mass is 565 g/mol. The summed E-state index contributed by atoms with van der Waals surface area (Å²) in [6.07, 6.45) is 1.72. The molecule has 0 bridgehead atoms. The van der Waals surface area contributed by atoms with Crippen molar-refractivity contribution in [2.45, 2.75) is 16.3 Å². The maximum absolute atomic E-state index is 5.51. The largest absolute Gasteiger partial charge is 0.468 e. The third-order valence-corrected chi connectivity index (χ3v) is 6.42. The second kappa shape index (κ2) is 8.80. The van der Waals surface area contributed by atoms with Crippen molar-refractivity contribution in [3.8, 4) is 0 Å². The van der Waals surface area contributed by atoms with Crippen molar-refractivity contribution >= 4 is 69.1 Å². The second-order valence-electron chi connectivity index (χ2n) is 4.66. The Morgan fingerprint density at radius 1 is 0.783 bits per heavy atom. The van der Waals surface area contributed by atoms with Crippen LogP contribution in [0.2, 0.25) is 0 Å². The van der Waals surface area contributed by atoms with Gasteiger partial charge in [-0.15, -0.1) is 0 Å². The minimum Gasteiger partial charge on any atom is -0.468 e. The average molecular weight is 565 g/mol. The molecule has 0 saturated heterocycles. The quantitative estimate of drug-likeness (QED) is 0.244. The first-order valence-corrected chi connectivity index (χ1v) is 10.6. The lowest BCUT2D eigenvalue weighted by atomic mass is 10.4. The summed E-state index contributed by atoms with van der Waals surface area (Å²) in [5, 5.41) is 0. The van der Waals surface area contributed by atoms with E-state index >= 15 is 0 Å². The van der Waals surface area contributed by atoms with Crippen LogP contribution in [0.1, 0.15) is 5.76 Å². The lowest BCUT2D eigenvalue weighted by Gasteiger charge is -2.19. The summed E-state index contributed by atoms with van der Waals surface area (Å²) in [5.41, 5.74) is 0. The summed E-state index contributed by atoms with van der Waals surface area (Å²) in [5.74, 6) is 0.959. The minimum atomic E-state index is 0.736. The topological polar surface area (TPSA) is 16.4 Å². The summed E-state index contributed by atoms with van der Waals surface area (Å²) in [7, 11) is 0. The first-order chi connectivity index (χ1) is 11.2. The Labute approximate surface area is 172 Å². The van der Waals surface area contributed by atoms with E-state index in [1.165, 1.54) is 16.9 Å². The van der Waals surface area contributed by atoms with E-state index in [0.717, 1.165) is 12.3 Å². The van der Waals surface area contributed by atoms with Crippen LogP contribution in [-0.2, 0) is 6.54 Å². The highest BCUT2D eigenvalue weighted by Crippen LogP contribution is 2.36. The predicted molar refractivity (Wildman–Crippen MR) is 114 cm³/mol. The summed E-state index contributed by atoms with van der Waals surface area (Å²) in [6.45, 7) is 0.736. The number of benzene rings is 2. The highest BCUT2D eigenvalue weighted by atomic mass is 127. The zero-order chi connectivity index (χ0) is 16.1. The maximum atomic E-state index is 5.51. The van der Waals surface area contributed by atoms with E-state index in [4.69, 9.17) is 4.42 Å². The molecule has 0 saturated carbocycles. The molecule has 2 aromatic carbocycles. The van der Waals surface area contributed by atoms with Gasteiger partial charge in [-0.2, -0.15) is 3.71 Å². The van der Waals surface area contributed by atoms with Gasteiger partial charge in [0.15, 0.2) is 0 Å². The van der Waals surface area contributed by atoms with E-state index in [0.29, 0.717) is 0 Å². The first-order valence-electron chi connectivity index (χ1n) is 6.86. The van der Waals surface area contributed by atoms with Crippen LogP contribution in [0.15, 0.2) is 81.1 Å². The van der Waals surface area contributed by atoms with Gasteiger partial charge in [0.2, 0.25) is 0 Å². The molecule has 0 spiro atoms. The molecule has 0 fully saturated rings. The van der Waals surface area contributed by atoms with Crippen LogP contribution in [0.25, 0.3) is 0 Å². The zero-order valence-electron chi connectivity index (χ0n) is 12.0. The van der Waals surface area contributed by atoms with Gasteiger partial charge in [-0.25, -0.2) is 0 Å². The Morgan fingerprint density at radius 3 is 1.74 bits per heavy atom. The Kier molecular flexibility index (Phi) is 6.75. The van der Waals surface area contributed by atoms with Gasteiger partial charge in [0, 0.05) is 16.9 Å². The third-order valence-electron chi connectivity index (χ3n) is 2.91. The second-order valence-corrected chi connectivity index (χ2v) is 9.57. The van der Waals surface area contributed by atoms with Gasteiger partial charge in [0.1, 0.15) is 5.76 Å².